The Labute approximate surface area is 157 Å². The maximum Gasteiger partial charge on any atom is 0.312 e. The van der Waals surface area contributed by atoms with Gasteiger partial charge < -0.3 is 16.4 Å². The van der Waals surface area contributed by atoms with Crippen molar-refractivity contribution in [3.63, 3.8) is 0 Å². The van der Waals surface area contributed by atoms with Crippen molar-refractivity contribution in [1.82, 2.24) is 16.1 Å². The number of amides is 4. The lowest BCUT2D eigenvalue weighted by atomic mass is 9.77. The summed E-state index contributed by atoms with van der Waals surface area (Å²) in [5, 5.41) is 13.7. The highest BCUT2D eigenvalue weighted by molar-refractivity contribution is 5.92. The second kappa shape index (κ2) is 9.00. The molecular formula is C19H24N4O4. The van der Waals surface area contributed by atoms with Gasteiger partial charge in [0.15, 0.2) is 0 Å². The van der Waals surface area contributed by atoms with Crippen molar-refractivity contribution in [2.45, 2.75) is 25.3 Å². The van der Waals surface area contributed by atoms with Crippen LogP contribution in [0.3, 0.4) is 0 Å². The van der Waals surface area contributed by atoms with Crippen molar-refractivity contribution in [2.24, 2.45) is 11.1 Å². The molecule has 27 heavy (non-hydrogen) atoms. The highest BCUT2D eigenvalue weighted by Gasteiger charge is 2.36. The van der Waals surface area contributed by atoms with Crippen molar-refractivity contribution >= 4 is 17.8 Å². The Bertz CT molecular complexity index is 731. The molecule has 4 amide bonds. The first-order valence-electron chi connectivity index (χ1n) is 8.63. The Balaban J connectivity index is 2.13. The second-order valence-electron chi connectivity index (χ2n) is 6.30. The van der Waals surface area contributed by atoms with Crippen LogP contribution in [0.4, 0.5) is 4.79 Å². The number of rotatable bonds is 7. The van der Waals surface area contributed by atoms with Crippen LogP contribution in [0, 0.1) is 5.41 Å². The van der Waals surface area contributed by atoms with Gasteiger partial charge in [-0.05, 0) is 12.0 Å². The predicted octanol–water partition coefficient (Wildman–Crippen LogP) is 0.951. The molecule has 0 unspecified atom stereocenters. The van der Waals surface area contributed by atoms with Gasteiger partial charge in [0, 0.05) is 12.5 Å². The molecule has 0 radical (unpaired) electrons. The van der Waals surface area contributed by atoms with E-state index in [0.717, 1.165) is 5.56 Å². The molecule has 8 heteroatoms. The van der Waals surface area contributed by atoms with Crippen LogP contribution in [-0.4, -0.2) is 35.6 Å². The summed E-state index contributed by atoms with van der Waals surface area (Å²) in [7, 11) is 0. The van der Waals surface area contributed by atoms with E-state index in [1.54, 1.807) is 0 Å². The van der Waals surface area contributed by atoms with Gasteiger partial charge in [-0.1, -0.05) is 61.6 Å². The highest BCUT2D eigenvalue weighted by atomic mass is 16.5. The molecule has 1 aliphatic rings. The first kappa shape index (κ1) is 20.2. The van der Waals surface area contributed by atoms with E-state index < -0.39 is 29.3 Å². The van der Waals surface area contributed by atoms with Gasteiger partial charge >= 0.3 is 6.03 Å². The molecule has 0 heterocycles. The quantitative estimate of drug-likeness (QED) is 0.277. The number of urea groups is 1. The molecule has 0 aromatic heterocycles. The smallest absolute Gasteiger partial charge is 0.312 e. The van der Waals surface area contributed by atoms with Crippen LogP contribution in [0.5, 0.6) is 0 Å². The van der Waals surface area contributed by atoms with Crippen LogP contribution in [-0.2, 0) is 9.59 Å². The number of carbonyl (C=O) groups excluding carboxylic acids is 3. The number of carbonyl (C=O) groups is 3. The van der Waals surface area contributed by atoms with E-state index >= 15 is 0 Å². The SMILES string of the molecule is CCC1(C(=O)N[C@@H](CNC(N)=O)C(=O)NO)C=CC(c2ccccc2)C=C1. The summed E-state index contributed by atoms with van der Waals surface area (Å²) in [6.07, 6.45) is 8.00. The first-order valence-corrected chi connectivity index (χ1v) is 8.63. The number of hydrogen-bond acceptors (Lipinski definition) is 4. The Morgan fingerprint density at radius 3 is 2.33 bits per heavy atom. The molecule has 144 valence electrons. The summed E-state index contributed by atoms with van der Waals surface area (Å²) in [6.45, 7) is 1.62. The fourth-order valence-corrected chi connectivity index (χ4v) is 2.90. The van der Waals surface area contributed by atoms with Crippen LogP contribution >= 0.6 is 0 Å². The van der Waals surface area contributed by atoms with Crippen molar-refractivity contribution in [2.75, 3.05) is 6.54 Å². The number of allylic oxidation sites excluding steroid dienone is 2. The molecule has 0 saturated carbocycles. The van der Waals surface area contributed by atoms with Gasteiger partial charge in [0.25, 0.3) is 5.91 Å². The largest absolute Gasteiger partial charge is 0.352 e. The van der Waals surface area contributed by atoms with Gasteiger partial charge in [-0.25, -0.2) is 10.3 Å². The Kier molecular flexibility index (Phi) is 6.73. The normalized spacial score (nSPS) is 21.9. The molecule has 6 N–H and O–H groups in total. The zero-order chi connectivity index (χ0) is 19.9. The van der Waals surface area contributed by atoms with Crippen LogP contribution in [0.25, 0.3) is 0 Å². The maximum atomic E-state index is 12.9. The third-order valence-electron chi connectivity index (χ3n) is 4.61. The zero-order valence-corrected chi connectivity index (χ0v) is 15.0. The van der Waals surface area contributed by atoms with Gasteiger partial charge in [0.2, 0.25) is 5.91 Å². The van der Waals surface area contributed by atoms with Crippen molar-refractivity contribution in [1.29, 1.82) is 0 Å². The number of hydrogen-bond donors (Lipinski definition) is 5. The molecule has 0 saturated heterocycles. The van der Waals surface area contributed by atoms with E-state index in [1.807, 2.05) is 61.6 Å². The third kappa shape index (κ3) is 4.95. The molecule has 0 fully saturated rings. The van der Waals surface area contributed by atoms with E-state index in [0.29, 0.717) is 6.42 Å². The summed E-state index contributed by atoms with van der Waals surface area (Å²) >= 11 is 0. The number of hydroxylamine groups is 1. The van der Waals surface area contributed by atoms with E-state index in [2.05, 4.69) is 10.6 Å². The van der Waals surface area contributed by atoms with Crippen molar-refractivity contribution < 1.29 is 19.6 Å². The maximum absolute atomic E-state index is 12.9. The van der Waals surface area contributed by atoms with E-state index in [4.69, 9.17) is 10.9 Å². The van der Waals surface area contributed by atoms with Crippen LogP contribution in [0.1, 0.15) is 24.8 Å². The summed E-state index contributed by atoms with van der Waals surface area (Å²) < 4.78 is 0. The lowest BCUT2D eigenvalue weighted by Crippen LogP contribution is -2.55. The van der Waals surface area contributed by atoms with Gasteiger partial charge in [-0.15, -0.1) is 0 Å². The number of primary amides is 1. The molecule has 1 aromatic carbocycles. The average molecular weight is 372 g/mol. The van der Waals surface area contributed by atoms with E-state index in [1.165, 1.54) is 5.48 Å². The van der Waals surface area contributed by atoms with Gasteiger partial charge in [0.05, 0.1) is 5.41 Å². The number of nitrogens with two attached hydrogens (primary N) is 1. The molecule has 2 rings (SSSR count). The molecule has 1 aromatic rings. The standard InChI is InChI=1S/C19H24N4O4/c1-2-19(10-8-14(9-11-19)13-6-4-3-5-7-13)17(25)22-15(16(24)23-27)12-21-18(20)26/h3-11,14-15,27H,2,12H2,1H3,(H,22,25)(H,23,24)(H3,20,21,26)/t14?,15-,19?/m0/s1. The summed E-state index contributed by atoms with van der Waals surface area (Å²) in [5.74, 6) is -1.20. The fraction of sp³-hybridized carbons (Fsp3) is 0.316. The first-order chi connectivity index (χ1) is 12.9. The molecule has 1 atom stereocenters. The predicted molar refractivity (Wildman–Crippen MR) is 99.6 cm³/mol. The van der Waals surface area contributed by atoms with E-state index in [-0.39, 0.29) is 12.5 Å². The molecule has 1 aliphatic carbocycles. The molecule has 0 spiro atoms. The van der Waals surface area contributed by atoms with Crippen LogP contribution < -0.4 is 21.8 Å². The molecule has 0 bridgehead atoms. The Morgan fingerprint density at radius 1 is 1.19 bits per heavy atom. The highest BCUT2D eigenvalue weighted by Crippen LogP contribution is 2.34. The summed E-state index contributed by atoms with van der Waals surface area (Å²) in [4.78, 5) is 35.5. The lowest BCUT2D eigenvalue weighted by molar-refractivity contribution is -0.136. The minimum atomic E-state index is -1.16. The number of nitrogens with one attached hydrogen (secondary N) is 3. The fourth-order valence-electron chi connectivity index (χ4n) is 2.90. The monoisotopic (exact) mass is 372 g/mol. The molecule has 8 nitrogen and oxygen atoms in total. The lowest BCUT2D eigenvalue weighted by Gasteiger charge is -2.30. The Hall–Kier alpha value is -3.13. The molecular weight excluding hydrogens is 348 g/mol. The Morgan fingerprint density at radius 2 is 1.81 bits per heavy atom. The summed E-state index contributed by atoms with van der Waals surface area (Å²) in [6, 6.07) is 7.87. The van der Waals surface area contributed by atoms with Crippen LogP contribution in [0.15, 0.2) is 54.6 Å². The third-order valence-corrected chi connectivity index (χ3v) is 4.61. The van der Waals surface area contributed by atoms with Crippen molar-refractivity contribution in [3.05, 3.63) is 60.2 Å². The summed E-state index contributed by atoms with van der Waals surface area (Å²) in [5.41, 5.74) is 6.66. The topological polar surface area (TPSA) is 134 Å². The second-order valence-corrected chi connectivity index (χ2v) is 6.30. The van der Waals surface area contributed by atoms with Gasteiger partial charge in [0.1, 0.15) is 6.04 Å². The molecule has 0 aliphatic heterocycles. The van der Waals surface area contributed by atoms with Gasteiger partial charge in [-0.3, -0.25) is 14.8 Å². The minimum absolute atomic E-state index is 0.0618. The minimum Gasteiger partial charge on any atom is -0.352 e. The van der Waals surface area contributed by atoms with Gasteiger partial charge in [-0.2, -0.15) is 0 Å². The average Bonchev–Trinajstić information content (AvgIpc) is 2.70. The zero-order valence-electron chi connectivity index (χ0n) is 15.0. The number of benzene rings is 1. The van der Waals surface area contributed by atoms with Crippen LogP contribution in [0.2, 0.25) is 0 Å². The van der Waals surface area contributed by atoms with E-state index in [9.17, 15) is 14.4 Å². The van der Waals surface area contributed by atoms with Crippen molar-refractivity contribution in [3.8, 4) is 0 Å².